The predicted molar refractivity (Wildman–Crippen MR) is 100.0 cm³/mol. The number of piperidine rings is 1. The molecule has 2 aromatic carbocycles. The van der Waals surface area contributed by atoms with Crippen molar-refractivity contribution in [3.05, 3.63) is 48.0 Å². The van der Waals surface area contributed by atoms with Crippen LogP contribution in [0.2, 0.25) is 0 Å². The second-order valence-corrected chi connectivity index (χ2v) is 7.10. The van der Waals surface area contributed by atoms with Gasteiger partial charge in [-0.25, -0.2) is 0 Å². The topological polar surface area (TPSA) is 58.6 Å². The Balaban J connectivity index is 1.36. The molecule has 4 rings (SSSR count). The first-order chi connectivity index (χ1) is 12.7. The van der Waals surface area contributed by atoms with E-state index < -0.39 is 0 Å². The van der Waals surface area contributed by atoms with Crippen molar-refractivity contribution in [1.29, 1.82) is 0 Å². The van der Waals surface area contributed by atoms with Crippen LogP contribution in [0.3, 0.4) is 0 Å². The molecule has 5 heteroatoms. The van der Waals surface area contributed by atoms with Crippen LogP contribution >= 0.6 is 0 Å². The Bertz CT molecular complexity index is 801. The Hall–Kier alpha value is -2.40. The highest BCUT2D eigenvalue weighted by Gasteiger charge is 2.31. The van der Waals surface area contributed by atoms with E-state index in [1.165, 1.54) is 0 Å². The number of carbonyl (C=O) groups is 2. The van der Waals surface area contributed by atoms with Gasteiger partial charge in [0.2, 0.25) is 0 Å². The molecule has 1 unspecified atom stereocenters. The van der Waals surface area contributed by atoms with Gasteiger partial charge >= 0.3 is 0 Å². The van der Waals surface area contributed by atoms with Gasteiger partial charge in [0.05, 0.1) is 0 Å². The Morgan fingerprint density at radius 1 is 1.00 bits per heavy atom. The fourth-order valence-corrected chi connectivity index (χ4v) is 3.91. The number of fused-ring (bicyclic) bond motifs is 1. The third-order valence-electron chi connectivity index (χ3n) is 5.38. The summed E-state index contributed by atoms with van der Waals surface area (Å²) in [5, 5.41) is 5.19. The van der Waals surface area contributed by atoms with Crippen LogP contribution in [0.25, 0.3) is 10.8 Å². The number of nitrogens with one attached hydrogen (secondary N) is 1. The molecular weight excluding hydrogens is 328 g/mol. The van der Waals surface area contributed by atoms with E-state index in [9.17, 15) is 9.59 Å². The fraction of sp³-hybridized carbons (Fsp3) is 0.429. The van der Waals surface area contributed by atoms with Gasteiger partial charge in [0.15, 0.2) is 0 Å². The molecule has 2 aliphatic rings. The van der Waals surface area contributed by atoms with Gasteiger partial charge in [0.1, 0.15) is 6.10 Å². The Morgan fingerprint density at radius 2 is 1.77 bits per heavy atom. The van der Waals surface area contributed by atoms with Crippen molar-refractivity contribution in [3.8, 4) is 0 Å². The first-order valence-electron chi connectivity index (χ1n) is 9.41. The lowest BCUT2D eigenvalue weighted by atomic mass is 10.0. The molecule has 2 saturated heterocycles. The van der Waals surface area contributed by atoms with E-state index in [1.807, 2.05) is 47.4 Å². The SMILES string of the molecule is O=C(NC1CCN(C(=O)C2CCCO2)CC1)c1cccc2ccccc12. The summed E-state index contributed by atoms with van der Waals surface area (Å²) in [7, 11) is 0. The number of amides is 2. The largest absolute Gasteiger partial charge is 0.368 e. The number of benzene rings is 2. The molecule has 0 radical (unpaired) electrons. The monoisotopic (exact) mass is 352 g/mol. The smallest absolute Gasteiger partial charge is 0.252 e. The molecule has 26 heavy (non-hydrogen) atoms. The molecule has 1 atom stereocenters. The molecule has 2 heterocycles. The molecule has 0 saturated carbocycles. The van der Waals surface area contributed by atoms with E-state index >= 15 is 0 Å². The standard InChI is InChI=1S/C21H24N2O3/c24-20(18-8-3-6-15-5-1-2-7-17(15)18)22-16-10-12-23(13-11-16)21(25)19-9-4-14-26-19/h1-3,5-8,16,19H,4,9-14H2,(H,22,24). The highest BCUT2D eigenvalue weighted by Crippen LogP contribution is 2.21. The van der Waals surface area contributed by atoms with Crippen molar-refractivity contribution in [2.24, 2.45) is 0 Å². The van der Waals surface area contributed by atoms with E-state index in [4.69, 9.17) is 4.74 Å². The molecule has 5 nitrogen and oxygen atoms in total. The van der Waals surface area contributed by atoms with E-state index in [0.717, 1.165) is 36.5 Å². The highest BCUT2D eigenvalue weighted by atomic mass is 16.5. The summed E-state index contributed by atoms with van der Waals surface area (Å²) in [6.45, 7) is 2.05. The lowest BCUT2D eigenvalue weighted by Gasteiger charge is -2.33. The highest BCUT2D eigenvalue weighted by molar-refractivity contribution is 6.07. The van der Waals surface area contributed by atoms with Crippen molar-refractivity contribution < 1.29 is 14.3 Å². The van der Waals surface area contributed by atoms with Crippen LogP contribution in [0.4, 0.5) is 0 Å². The van der Waals surface area contributed by atoms with Gasteiger partial charge in [-0.2, -0.15) is 0 Å². The average Bonchev–Trinajstić information content (AvgIpc) is 3.22. The zero-order valence-corrected chi connectivity index (χ0v) is 14.8. The summed E-state index contributed by atoms with van der Waals surface area (Å²) in [6.07, 6.45) is 3.12. The molecule has 0 spiro atoms. The van der Waals surface area contributed by atoms with Crippen LogP contribution in [-0.2, 0) is 9.53 Å². The van der Waals surface area contributed by atoms with Gasteiger partial charge in [0.25, 0.3) is 11.8 Å². The van der Waals surface area contributed by atoms with Crippen molar-refractivity contribution in [2.75, 3.05) is 19.7 Å². The minimum atomic E-state index is -0.253. The second kappa shape index (κ2) is 7.46. The summed E-state index contributed by atoms with van der Waals surface area (Å²) < 4.78 is 5.50. The third kappa shape index (κ3) is 3.44. The maximum atomic E-state index is 12.7. The molecular formula is C21H24N2O3. The molecule has 0 bridgehead atoms. The van der Waals surface area contributed by atoms with Crippen molar-refractivity contribution in [2.45, 2.75) is 37.8 Å². The quantitative estimate of drug-likeness (QED) is 0.924. The molecule has 2 fully saturated rings. The molecule has 2 amide bonds. The van der Waals surface area contributed by atoms with Crippen LogP contribution in [-0.4, -0.2) is 48.6 Å². The average molecular weight is 352 g/mol. The first-order valence-corrected chi connectivity index (χ1v) is 9.41. The van der Waals surface area contributed by atoms with E-state index in [0.29, 0.717) is 25.3 Å². The van der Waals surface area contributed by atoms with Gasteiger partial charge in [-0.15, -0.1) is 0 Å². The van der Waals surface area contributed by atoms with Crippen LogP contribution in [0, 0.1) is 0 Å². The van der Waals surface area contributed by atoms with Crippen LogP contribution in [0.1, 0.15) is 36.0 Å². The fourth-order valence-electron chi connectivity index (χ4n) is 3.91. The number of nitrogens with zero attached hydrogens (tertiary/aromatic N) is 1. The second-order valence-electron chi connectivity index (χ2n) is 7.10. The normalized spacial score (nSPS) is 21.1. The molecule has 2 aromatic rings. The van der Waals surface area contributed by atoms with Gasteiger partial charge in [0, 0.05) is 31.3 Å². The van der Waals surface area contributed by atoms with Gasteiger partial charge < -0.3 is 15.0 Å². The maximum Gasteiger partial charge on any atom is 0.252 e. The zero-order chi connectivity index (χ0) is 17.9. The third-order valence-corrected chi connectivity index (χ3v) is 5.38. The number of ether oxygens (including phenoxy) is 1. The van der Waals surface area contributed by atoms with E-state index in [2.05, 4.69) is 5.32 Å². The summed E-state index contributed by atoms with van der Waals surface area (Å²) >= 11 is 0. The number of hydrogen-bond donors (Lipinski definition) is 1. The van der Waals surface area contributed by atoms with Crippen LogP contribution in [0.5, 0.6) is 0 Å². The minimum Gasteiger partial charge on any atom is -0.368 e. The van der Waals surface area contributed by atoms with Crippen LogP contribution < -0.4 is 5.32 Å². The lowest BCUT2D eigenvalue weighted by Crippen LogP contribution is -2.49. The number of rotatable bonds is 3. The molecule has 0 aromatic heterocycles. The van der Waals surface area contributed by atoms with Gasteiger partial charge in [-0.1, -0.05) is 36.4 Å². The Labute approximate surface area is 153 Å². The summed E-state index contributed by atoms with van der Waals surface area (Å²) in [5.41, 5.74) is 0.709. The Morgan fingerprint density at radius 3 is 2.54 bits per heavy atom. The molecule has 2 aliphatic heterocycles. The molecule has 0 aliphatic carbocycles. The number of likely N-dealkylation sites (tertiary alicyclic amines) is 1. The van der Waals surface area contributed by atoms with E-state index in [-0.39, 0.29) is 24.0 Å². The van der Waals surface area contributed by atoms with Crippen LogP contribution in [0.15, 0.2) is 42.5 Å². The lowest BCUT2D eigenvalue weighted by molar-refractivity contribution is -0.142. The zero-order valence-electron chi connectivity index (χ0n) is 14.8. The van der Waals surface area contributed by atoms with E-state index in [1.54, 1.807) is 0 Å². The summed E-state index contributed by atoms with van der Waals surface area (Å²) in [5.74, 6) is 0.0760. The summed E-state index contributed by atoms with van der Waals surface area (Å²) in [6, 6.07) is 13.8. The van der Waals surface area contributed by atoms with Gasteiger partial charge in [-0.05, 0) is 42.5 Å². The molecule has 1 N–H and O–H groups in total. The van der Waals surface area contributed by atoms with Gasteiger partial charge in [-0.3, -0.25) is 9.59 Å². The van der Waals surface area contributed by atoms with Crippen molar-refractivity contribution in [3.63, 3.8) is 0 Å². The predicted octanol–water partition coefficient (Wildman–Crippen LogP) is 2.74. The van der Waals surface area contributed by atoms with Crippen molar-refractivity contribution >= 4 is 22.6 Å². The number of carbonyl (C=O) groups excluding carboxylic acids is 2. The number of hydrogen-bond acceptors (Lipinski definition) is 3. The molecule has 136 valence electrons. The minimum absolute atomic E-state index is 0.0364. The maximum absolute atomic E-state index is 12.7. The summed E-state index contributed by atoms with van der Waals surface area (Å²) in [4.78, 5) is 27.0. The first kappa shape index (κ1) is 17.0. The van der Waals surface area contributed by atoms with Crippen molar-refractivity contribution in [1.82, 2.24) is 10.2 Å². The Kier molecular flexibility index (Phi) is 4.89.